The highest BCUT2D eigenvalue weighted by molar-refractivity contribution is 4.73. The largest absolute Gasteiger partial charge is 0.499 e. The zero-order valence-electron chi connectivity index (χ0n) is 7.54. The van der Waals surface area contributed by atoms with Crippen molar-refractivity contribution in [3.8, 4) is 0 Å². The lowest BCUT2D eigenvalue weighted by Crippen LogP contribution is -2.04. The van der Waals surface area contributed by atoms with Crippen molar-refractivity contribution in [1.29, 1.82) is 0 Å². The summed E-state index contributed by atoms with van der Waals surface area (Å²) in [5, 5.41) is 0. The summed E-state index contributed by atoms with van der Waals surface area (Å²) in [6, 6.07) is 0. The number of rotatable bonds is 7. The van der Waals surface area contributed by atoms with Gasteiger partial charge in [0.05, 0.1) is 25.6 Å². The first-order chi connectivity index (χ1) is 5.79. The van der Waals surface area contributed by atoms with E-state index in [1.54, 1.807) is 0 Å². The second kappa shape index (κ2) is 5.17. The van der Waals surface area contributed by atoms with Gasteiger partial charge in [0, 0.05) is 13.0 Å². The van der Waals surface area contributed by atoms with Crippen LogP contribution in [0.1, 0.15) is 13.3 Å². The SMILES string of the molecule is C=C(C)OCCCOCC1CO1. The Kier molecular flexibility index (Phi) is 4.11. The van der Waals surface area contributed by atoms with Gasteiger partial charge in [-0.15, -0.1) is 0 Å². The lowest BCUT2D eigenvalue weighted by Gasteiger charge is -2.04. The van der Waals surface area contributed by atoms with E-state index in [-0.39, 0.29) is 0 Å². The smallest absolute Gasteiger partial charge is 0.104 e. The minimum Gasteiger partial charge on any atom is -0.499 e. The molecule has 12 heavy (non-hydrogen) atoms. The molecule has 0 aromatic heterocycles. The highest BCUT2D eigenvalue weighted by Gasteiger charge is 2.21. The quantitative estimate of drug-likeness (QED) is 0.330. The predicted molar refractivity (Wildman–Crippen MR) is 45.9 cm³/mol. The van der Waals surface area contributed by atoms with Gasteiger partial charge in [0.1, 0.15) is 6.10 Å². The van der Waals surface area contributed by atoms with Gasteiger partial charge in [0.15, 0.2) is 0 Å². The third kappa shape index (κ3) is 5.16. The molecular weight excluding hydrogens is 156 g/mol. The molecule has 0 N–H and O–H groups in total. The van der Waals surface area contributed by atoms with E-state index in [1.807, 2.05) is 6.92 Å². The predicted octanol–water partition coefficient (Wildman–Crippen LogP) is 1.34. The van der Waals surface area contributed by atoms with Crippen LogP contribution >= 0.6 is 0 Å². The summed E-state index contributed by atoms with van der Waals surface area (Å²) in [6.45, 7) is 8.51. The Labute approximate surface area is 73.3 Å². The number of epoxide rings is 1. The van der Waals surface area contributed by atoms with Crippen LogP contribution in [0, 0.1) is 0 Å². The second-order valence-corrected chi connectivity index (χ2v) is 2.93. The van der Waals surface area contributed by atoms with Crippen LogP contribution in [0.3, 0.4) is 0 Å². The number of ether oxygens (including phenoxy) is 3. The van der Waals surface area contributed by atoms with E-state index in [0.717, 1.165) is 32.0 Å². The summed E-state index contributed by atoms with van der Waals surface area (Å²) in [5.41, 5.74) is 0. The first kappa shape index (κ1) is 9.55. The van der Waals surface area contributed by atoms with Gasteiger partial charge in [-0.25, -0.2) is 0 Å². The van der Waals surface area contributed by atoms with Gasteiger partial charge in [0.2, 0.25) is 0 Å². The van der Waals surface area contributed by atoms with Crippen molar-refractivity contribution in [3.05, 3.63) is 12.3 Å². The fourth-order valence-corrected chi connectivity index (χ4v) is 0.786. The first-order valence-electron chi connectivity index (χ1n) is 4.26. The van der Waals surface area contributed by atoms with E-state index < -0.39 is 0 Å². The minimum absolute atomic E-state index is 0.368. The number of hydrogen-bond acceptors (Lipinski definition) is 3. The molecule has 0 aromatic rings. The van der Waals surface area contributed by atoms with Gasteiger partial charge in [-0.2, -0.15) is 0 Å². The zero-order valence-corrected chi connectivity index (χ0v) is 7.54. The van der Waals surface area contributed by atoms with Crippen LogP contribution in [-0.4, -0.2) is 32.5 Å². The molecule has 1 aliphatic rings. The van der Waals surface area contributed by atoms with Crippen LogP contribution in [0.15, 0.2) is 12.3 Å². The number of allylic oxidation sites excluding steroid dienone is 1. The summed E-state index contributed by atoms with van der Waals surface area (Å²) in [7, 11) is 0. The van der Waals surface area contributed by atoms with Crippen molar-refractivity contribution in [2.75, 3.05) is 26.4 Å². The molecule has 1 saturated heterocycles. The van der Waals surface area contributed by atoms with Crippen molar-refractivity contribution in [3.63, 3.8) is 0 Å². The monoisotopic (exact) mass is 172 g/mol. The molecule has 3 nitrogen and oxygen atoms in total. The van der Waals surface area contributed by atoms with Crippen molar-refractivity contribution < 1.29 is 14.2 Å². The Morgan fingerprint density at radius 1 is 1.58 bits per heavy atom. The van der Waals surface area contributed by atoms with Crippen molar-refractivity contribution in [1.82, 2.24) is 0 Å². The number of hydrogen-bond donors (Lipinski definition) is 0. The van der Waals surface area contributed by atoms with Crippen LogP contribution in [0.5, 0.6) is 0 Å². The summed E-state index contributed by atoms with van der Waals surface area (Å²) < 4.78 is 15.4. The van der Waals surface area contributed by atoms with Crippen molar-refractivity contribution in [2.45, 2.75) is 19.4 Å². The van der Waals surface area contributed by atoms with E-state index >= 15 is 0 Å². The lowest BCUT2D eigenvalue weighted by molar-refractivity contribution is 0.0947. The maximum atomic E-state index is 5.30. The second-order valence-electron chi connectivity index (χ2n) is 2.93. The molecule has 0 aromatic carbocycles. The van der Waals surface area contributed by atoms with E-state index in [1.165, 1.54) is 0 Å². The average molecular weight is 172 g/mol. The summed E-state index contributed by atoms with van der Waals surface area (Å²) in [5.74, 6) is 0.764. The summed E-state index contributed by atoms with van der Waals surface area (Å²) >= 11 is 0. The molecule has 0 radical (unpaired) electrons. The maximum Gasteiger partial charge on any atom is 0.104 e. The molecule has 70 valence electrons. The average Bonchev–Trinajstić information content (AvgIpc) is 2.79. The van der Waals surface area contributed by atoms with Gasteiger partial charge in [-0.05, 0) is 6.92 Å². The first-order valence-corrected chi connectivity index (χ1v) is 4.26. The molecule has 1 unspecified atom stereocenters. The van der Waals surface area contributed by atoms with Crippen LogP contribution in [-0.2, 0) is 14.2 Å². The van der Waals surface area contributed by atoms with Gasteiger partial charge in [-0.3, -0.25) is 0 Å². The van der Waals surface area contributed by atoms with Crippen LogP contribution in [0.25, 0.3) is 0 Å². The Morgan fingerprint density at radius 2 is 2.33 bits per heavy atom. The normalized spacial score (nSPS) is 20.6. The van der Waals surface area contributed by atoms with E-state index in [2.05, 4.69) is 6.58 Å². The molecule has 1 rings (SSSR count). The summed E-state index contributed by atoms with van der Waals surface area (Å²) in [6.07, 6.45) is 1.28. The third-order valence-electron chi connectivity index (χ3n) is 1.49. The highest BCUT2D eigenvalue weighted by Crippen LogP contribution is 2.08. The fraction of sp³-hybridized carbons (Fsp3) is 0.778. The molecule has 1 heterocycles. The topological polar surface area (TPSA) is 31.0 Å². The summed E-state index contributed by atoms with van der Waals surface area (Å²) in [4.78, 5) is 0. The third-order valence-corrected chi connectivity index (χ3v) is 1.49. The Balaban J connectivity index is 1.73. The molecule has 0 spiro atoms. The standard InChI is InChI=1S/C9H16O3/c1-8(2)11-5-3-4-10-6-9-7-12-9/h9H,1,3-7H2,2H3. The lowest BCUT2D eigenvalue weighted by atomic mass is 10.5. The van der Waals surface area contributed by atoms with Crippen LogP contribution in [0.4, 0.5) is 0 Å². The molecule has 1 aliphatic heterocycles. The molecule has 1 atom stereocenters. The molecule has 0 bridgehead atoms. The van der Waals surface area contributed by atoms with Crippen LogP contribution in [0.2, 0.25) is 0 Å². The molecule has 0 amide bonds. The van der Waals surface area contributed by atoms with Gasteiger partial charge < -0.3 is 14.2 Å². The fourth-order valence-electron chi connectivity index (χ4n) is 0.786. The van der Waals surface area contributed by atoms with Gasteiger partial charge in [-0.1, -0.05) is 6.58 Å². The molecule has 1 fully saturated rings. The molecule has 3 heteroatoms. The van der Waals surface area contributed by atoms with Crippen LogP contribution < -0.4 is 0 Å². The Hall–Kier alpha value is -0.540. The van der Waals surface area contributed by atoms with Crippen molar-refractivity contribution >= 4 is 0 Å². The highest BCUT2D eigenvalue weighted by atomic mass is 16.6. The maximum absolute atomic E-state index is 5.30. The van der Waals surface area contributed by atoms with E-state index in [9.17, 15) is 0 Å². The van der Waals surface area contributed by atoms with Gasteiger partial charge in [0.25, 0.3) is 0 Å². The Bertz CT molecular complexity index is 141. The van der Waals surface area contributed by atoms with Gasteiger partial charge >= 0.3 is 0 Å². The van der Waals surface area contributed by atoms with E-state index in [0.29, 0.717) is 12.7 Å². The van der Waals surface area contributed by atoms with Crippen molar-refractivity contribution in [2.24, 2.45) is 0 Å². The zero-order chi connectivity index (χ0) is 8.81. The Morgan fingerprint density at radius 3 is 2.92 bits per heavy atom. The molecule has 0 aliphatic carbocycles. The molecule has 0 saturated carbocycles. The minimum atomic E-state index is 0.368. The molecular formula is C9H16O3. The van der Waals surface area contributed by atoms with E-state index in [4.69, 9.17) is 14.2 Å².